The van der Waals surface area contributed by atoms with Crippen LogP contribution in [0, 0.1) is 19.7 Å². The molecule has 0 saturated heterocycles. The van der Waals surface area contributed by atoms with Gasteiger partial charge in [0, 0.05) is 0 Å². The number of carbonyl (C=O) groups is 1. The fourth-order valence-corrected chi connectivity index (χ4v) is 1.66. The van der Waals surface area contributed by atoms with Gasteiger partial charge in [0.25, 0.3) is 0 Å². The highest BCUT2D eigenvalue weighted by Crippen LogP contribution is 2.29. The molecule has 0 spiro atoms. The fraction of sp³-hybridized carbons (Fsp3) is 0.133. The summed E-state index contributed by atoms with van der Waals surface area (Å²) in [6.07, 6.45) is 0.468. The molecule has 0 bridgehead atoms. The van der Waals surface area contributed by atoms with Gasteiger partial charge in [-0.3, -0.25) is 4.79 Å². The van der Waals surface area contributed by atoms with E-state index in [1.54, 1.807) is 6.07 Å². The van der Waals surface area contributed by atoms with Gasteiger partial charge in [-0.15, -0.1) is 0 Å². The van der Waals surface area contributed by atoms with Crippen molar-refractivity contribution in [2.75, 3.05) is 0 Å². The van der Waals surface area contributed by atoms with Crippen molar-refractivity contribution in [1.29, 1.82) is 0 Å². The van der Waals surface area contributed by atoms with Crippen molar-refractivity contribution in [3.8, 4) is 11.5 Å². The maximum absolute atomic E-state index is 13.4. The second-order valence-corrected chi connectivity index (χ2v) is 4.14. The van der Waals surface area contributed by atoms with Gasteiger partial charge in [0.15, 0.2) is 6.29 Å². The number of hydrogen-bond acceptors (Lipinski definition) is 2. The van der Waals surface area contributed by atoms with Crippen LogP contribution in [0.1, 0.15) is 21.5 Å². The third-order valence-electron chi connectivity index (χ3n) is 2.69. The smallest absolute Gasteiger partial charge is 0.156 e. The van der Waals surface area contributed by atoms with Crippen molar-refractivity contribution >= 4 is 6.29 Å². The predicted octanol–water partition coefficient (Wildman–Crippen LogP) is 4.05. The van der Waals surface area contributed by atoms with Crippen LogP contribution in [0.4, 0.5) is 4.39 Å². The van der Waals surface area contributed by atoms with Crippen LogP contribution in [0.15, 0.2) is 36.4 Å². The largest absolute Gasteiger partial charge is 0.456 e. The average molecular weight is 244 g/mol. The van der Waals surface area contributed by atoms with E-state index in [9.17, 15) is 9.18 Å². The molecule has 3 heteroatoms. The van der Waals surface area contributed by atoms with Gasteiger partial charge in [0.1, 0.15) is 17.3 Å². The summed E-state index contributed by atoms with van der Waals surface area (Å²) in [5.74, 6) is 0.287. The minimum atomic E-state index is -0.576. The average Bonchev–Trinajstić information content (AvgIpc) is 2.34. The molecular weight excluding hydrogens is 231 g/mol. The molecule has 0 aliphatic rings. The first-order chi connectivity index (χ1) is 8.61. The first kappa shape index (κ1) is 12.3. The number of hydrogen-bond donors (Lipinski definition) is 0. The van der Waals surface area contributed by atoms with E-state index in [2.05, 4.69) is 0 Å². The molecule has 0 atom stereocenters. The molecule has 0 heterocycles. The third-order valence-corrected chi connectivity index (χ3v) is 2.69. The van der Waals surface area contributed by atoms with Gasteiger partial charge in [-0.1, -0.05) is 18.2 Å². The van der Waals surface area contributed by atoms with Crippen LogP contribution in [-0.2, 0) is 0 Å². The summed E-state index contributed by atoms with van der Waals surface area (Å²) in [6, 6.07) is 10.1. The van der Waals surface area contributed by atoms with Gasteiger partial charge < -0.3 is 4.74 Å². The Morgan fingerprint density at radius 1 is 1.11 bits per heavy atom. The molecule has 0 amide bonds. The Hall–Kier alpha value is -2.16. The number of carbonyl (C=O) groups excluding carboxylic acids is 1. The molecule has 92 valence electrons. The van der Waals surface area contributed by atoms with E-state index in [4.69, 9.17) is 4.74 Å². The van der Waals surface area contributed by atoms with Crippen LogP contribution in [-0.4, -0.2) is 6.29 Å². The lowest BCUT2D eigenvalue weighted by molar-refractivity contribution is 0.111. The molecule has 18 heavy (non-hydrogen) atoms. The fourth-order valence-electron chi connectivity index (χ4n) is 1.66. The molecule has 0 radical (unpaired) electrons. The number of aldehydes is 1. The van der Waals surface area contributed by atoms with Crippen molar-refractivity contribution in [3.05, 3.63) is 58.9 Å². The summed E-state index contributed by atoms with van der Waals surface area (Å²) in [4.78, 5) is 10.9. The second-order valence-electron chi connectivity index (χ2n) is 4.14. The van der Waals surface area contributed by atoms with Crippen LogP contribution < -0.4 is 4.74 Å². The maximum atomic E-state index is 13.4. The highest BCUT2D eigenvalue weighted by atomic mass is 19.1. The Bertz CT molecular complexity index is 591. The van der Waals surface area contributed by atoms with Gasteiger partial charge >= 0.3 is 0 Å². The van der Waals surface area contributed by atoms with E-state index in [0.29, 0.717) is 12.0 Å². The Labute approximate surface area is 105 Å². The summed E-state index contributed by atoms with van der Waals surface area (Å²) in [7, 11) is 0. The summed E-state index contributed by atoms with van der Waals surface area (Å²) in [6.45, 7) is 3.84. The predicted molar refractivity (Wildman–Crippen MR) is 67.8 cm³/mol. The molecular formula is C15H13FO2. The van der Waals surface area contributed by atoms with E-state index in [-0.39, 0.29) is 11.3 Å². The van der Waals surface area contributed by atoms with E-state index < -0.39 is 5.82 Å². The molecule has 0 fully saturated rings. The lowest BCUT2D eigenvalue weighted by Crippen LogP contribution is -1.95. The topological polar surface area (TPSA) is 26.3 Å². The van der Waals surface area contributed by atoms with Crippen LogP contribution >= 0.6 is 0 Å². The minimum absolute atomic E-state index is 0.0570. The second kappa shape index (κ2) is 5.00. The Morgan fingerprint density at radius 2 is 1.89 bits per heavy atom. The molecule has 0 unspecified atom stereocenters. The molecule has 2 aromatic carbocycles. The number of rotatable bonds is 3. The van der Waals surface area contributed by atoms with E-state index in [0.717, 1.165) is 11.1 Å². The van der Waals surface area contributed by atoms with E-state index in [1.807, 2.05) is 32.0 Å². The van der Waals surface area contributed by atoms with Gasteiger partial charge in [0.2, 0.25) is 0 Å². The van der Waals surface area contributed by atoms with Crippen molar-refractivity contribution in [3.63, 3.8) is 0 Å². The summed E-state index contributed by atoms with van der Waals surface area (Å²) >= 11 is 0. The van der Waals surface area contributed by atoms with Crippen LogP contribution in [0.2, 0.25) is 0 Å². The molecule has 0 aliphatic heterocycles. The lowest BCUT2D eigenvalue weighted by Gasteiger charge is -2.11. The highest BCUT2D eigenvalue weighted by Gasteiger charge is 2.10. The van der Waals surface area contributed by atoms with Gasteiger partial charge in [-0.2, -0.15) is 0 Å². The Kier molecular flexibility index (Phi) is 3.42. The first-order valence-corrected chi connectivity index (χ1v) is 5.60. The third kappa shape index (κ3) is 2.40. The van der Waals surface area contributed by atoms with Gasteiger partial charge in [-0.05, 0) is 43.2 Å². The molecule has 2 aromatic rings. The lowest BCUT2D eigenvalue weighted by atomic mass is 10.1. The van der Waals surface area contributed by atoms with Crippen molar-refractivity contribution < 1.29 is 13.9 Å². The zero-order valence-corrected chi connectivity index (χ0v) is 10.2. The molecule has 2 nitrogen and oxygen atoms in total. The number of benzene rings is 2. The van der Waals surface area contributed by atoms with Crippen molar-refractivity contribution in [2.24, 2.45) is 0 Å². The molecule has 0 aromatic heterocycles. The van der Waals surface area contributed by atoms with Crippen molar-refractivity contribution in [1.82, 2.24) is 0 Å². The number of aryl methyl sites for hydroxylation is 2. The van der Waals surface area contributed by atoms with Gasteiger partial charge in [-0.25, -0.2) is 4.39 Å². The Balaban J connectivity index is 2.43. The Morgan fingerprint density at radius 3 is 2.61 bits per heavy atom. The van der Waals surface area contributed by atoms with Crippen LogP contribution in [0.5, 0.6) is 11.5 Å². The molecule has 0 N–H and O–H groups in total. The number of ether oxygens (including phenoxy) is 1. The number of halogens is 1. The van der Waals surface area contributed by atoms with E-state index in [1.165, 1.54) is 12.1 Å². The summed E-state index contributed by atoms with van der Waals surface area (Å²) < 4.78 is 19.0. The normalized spacial score (nSPS) is 10.2. The zero-order chi connectivity index (χ0) is 13.1. The quantitative estimate of drug-likeness (QED) is 0.761. The zero-order valence-electron chi connectivity index (χ0n) is 10.2. The highest BCUT2D eigenvalue weighted by molar-refractivity contribution is 5.79. The minimum Gasteiger partial charge on any atom is -0.456 e. The maximum Gasteiger partial charge on any atom is 0.156 e. The van der Waals surface area contributed by atoms with Gasteiger partial charge in [0.05, 0.1) is 5.56 Å². The molecule has 0 aliphatic carbocycles. The monoisotopic (exact) mass is 244 g/mol. The summed E-state index contributed by atoms with van der Waals surface area (Å²) in [5, 5.41) is 0. The summed E-state index contributed by atoms with van der Waals surface area (Å²) in [5.41, 5.74) is 1.92. The van der Waals surface area contributed by atoms with Crippen LogP contribution in [0.3, 0.4) is 0 Å². The van der Waals surface area contributed by atoms with Crippen molar-refractivity contribution in [2.45, 2.75) is 13.8 Å². The molecule has 0 saturated carbocycles. The molecule has 2 rings (SSSR count). The standard InChI is InChI=1S/C15H13FO2/c1-10-6-7-11(2)15(8-10)18-14-5-3-4-13(16)12(14)9-17/h3-9H,1-2H3. The van der Waals surface area contributed by atoms with E-state index >= 15 is 0 Å². The first-order valence-electron chi connectivity index (χ1n) is 5.60. The van der Waals surface area contributed by atoms with Crippen LogP contribution in [0.25, 0.3) is 0 Å². The SMILES string of the molecule is Cc1ccc(C)c(Oc2cccc(F)c2C=O)c1.